The van der Waals surface area contributed by atoms with Crippen LogP contribution in [0.25, 0.3) is 16.8 Å². The van der Waals surface area contributed by atoms with Gasteiger partial charge in [-0.05, 0) is 63.8 Å². The predicted molar refractivity (Wildman–Crippen MR) is 147 cm³/mol. The number of nitrogens with one attached hydrogen (secondary N) is 2. The topological polar surface area (TPSA) is 105 Å². The van der Waals surface area contributed by atoms with E-state index in [0.29, 0.717) is 23.7 Å². The highest BCUT2D eigenvalue weighted by atomic mass is 16.2. The Bertz CT molecular complexity index is 1530. The largest absolute Gasteiger partial charge is 0.366 e. The van der Waals surface area contributed by atoms with E-state index >= 15 is 0 Å². The number of anilines is 2. The van der Waals surface area contributed by atoms with Crippen molar-refractivity contribution >= 4 is 29.0 Å². The van der Waals surface area contributed by atoms with Crippen LogP contribution in [0.15, 0.2) is 61.1 Å². The Morgan fingerprint density at radius 1 is 1.08 bits per heavy atom. The van der Waals surface area contributed by atoms with E-state index in [-0.39, 0.29) is 23.9 Å². The van der Waals surface area contributed by atoms with Crippen LogP contribution in [0.2, 0.25) is 0 Å². The minimum atomic E-state index is -0.244. The zero-order chi connectivity index (χ0) is 26.6. The van der Waals surface area contributed by atoms with E-state index in [0.717, 1.165) is 35.4 Å². The molecule has 3 aromatic heterocycles. The van der Waals surface area contributed by atoms with Crippen LogP contribution in [0.1, 0.15) is 55.8 Å². The van der Waals surface area contributed by atoms with Crippen molar-refractivity contribution in [3.05, 3.63) is 72.4 Å². The lowest BCUT2D eigenvalue weighted by molar-refractivity contribution is -0.126. The smallest absolute Gasteiger partial charge is 0.299 e. The summed E-state index contributed by atoms with van der Waals surface area (Å²) in [5.74, 6) is 6.93. The molecule has 1 saturated heterocycles. The standard InChI is InChI=1S/C29H29N7O2/c1-4-8-24(37)35-17-7-9-22(35)28-34-25(26-27(32-19(2)3)31-16-18-36(26)28)20-11-13-21(14-12-20)29(38)33-23-10-5-6-15-30-23/h5-6,10-16,18-19,22H,7,9,17H2,1-3H3,(H,31,32)(H,30,33,38)/t22-/m0/s1. The van der Waals surface area contributed by atoms with Crippen LogP contribution in [-0.2, 0) is 4.79 Å². The molecule has 1 aliphatic heterocycles. The first kappa shape index (κ1) is 25.0. The number of pyridine rings is 1. The minimum Gasteiger partial charge on any atom is -0.366 e. The summed E-state index contributed by atoms with van der Waals surface area (Å²) in [7, 11) is 0. The summed E-state index contributed by atoms with van der Waals surface area (Å²) in [4.78, 5) is 41.1. The van der Waals surface area contributed by atoms with Crippen LogP contribution >= 0.6 is 0 Å². The van der Waals surface area contributed by atoms with Crippen molar-refractivity contribution in [3.63, 3.8) is 0 Å². The number of nitrogens with zero attached hydrogens (tertiary/aromatic N) is 5. The number of imidazole rings is 1. The van der Waals surface area contributed by atoms with Crippen LogP contribution < -0.4 is 10.6 Å². The van der Waals surface area contributed by atoms with E-state index in [1.165, 1.54) is 0 Å². The SMILES string of the molecule is CC#CC(=O)N1CCC[C@H]1c1nc(-c2ccc(C(=O)Nc3ccccn3)cc2)c2c(NC(C)C)nccn12. The van der Waals surface area contributed by atoms with Gasteiger partial charge in [-0.15, -0.1) is 0 Å². The van der Waals surface area contributed by atoms with Gasteiger partial charge in [-0.3, -0.25) is 14.0 Å². The molecule has 5 rings (SSSR count). The Morgan fingerprint density at radius 3 is 2.61 bits per heavy atom. The van der Waals surface area contributed by atoms with Crippen LogP contribution in [0.3, 0.4) is 0 Å². The Labute approximate surface area is 221 Å². The third-order valence-corrected chi connectivity index (χ3v) is 6.38. The first-order valence-corrected chi connectivity index (χ1v) is 12.7. The Balaban J connectivity index is 1.56. The van der Waals surface area contributed by atoms with Crippen molar-refractivity contribution in [2.24, 2.45) is 0 Å². The van der Waals surface area contributed by atoms with E-state index in [9.17, 15) is 9.59 Å². The van der Waals surface area contributed by atoms with Gasteiger partial charge in [-0.25, -0.2) is 15.0 Å². The van der Waals surface area contributed by atoms with E-state index in [2.05, 4.69) is 46.3 Å². The molecule has 192 valence electrons. The summed E-state index contributed by atoms with van der Waals surface area (Å²) in [5.41, 5.74) is 2.90. The quantitative estimate of drug-likeness (QED) is 0.371. The number of fused-ring (bicyclic) bond motifs is 1. The number of hydrogen-bond donors (Lipinski definition) is 2. The maximum atomic E-state index is 12.7. The van der Waals surface area contributed by atoms with Crippen molar-refractivity contribution in [2.45, 2.75) is 45.7 Å². The van der Waals surface area contributed by atoms with Gasteiger partial charge in [0.15, 0.2) is 5.82 Å². The number of carbonyl (C=O) groups excluding carboxylic acids is 2. The molecule has 0 aliphatic carbocycles. The molecule has 0 spiro atoms. The fourth-order valence-corrected chi connectivity index (χ4v) is 4.74. The lowest BCUT2D eigenvalue weighted by Gasteiger charge is -2.21. The maximum absolute atomic E-state index is 12.7. The highest BCUT2D eigenvalue weighted by Crippen LogP contribution is 2.37. The van der Waals surface area contributed by atoms with Gasteiger partial charge in [0.2, 0.25) is 0 Å². The molecule has 0 bridgehead atoms. The predicted octanol–water partition coefficient (Wildman–Crippen LogP) is 4.55. The summed E-state index contributed by atoms with van der Waals surface area (Å²) in [6.07, 6.45) is 6.94. The molecule has 1 aliphatic rings. The fraction of sp³-hybridized carbons (Fsp3) is 0.276. The monoisotopic (exact) mass is 507 g/mol. The summed E-state index contributed by atoms with van der Waals surface area (Å²) in [6.45, 7) is 6.42. The second-order valence-electron chi connectivity index (χ2n) is 9.39. The highest BCUT2D eigenvalue weighted by Gasteiger charge is 2.33. The Morgan fingerprint density at radius 2 is 1.89 bits per heavy atom. The lowest BCUT2D eigenvalue weighted by atomic mass is 10.1. The average molecular weight is 508 g/mol. The van der Waals surface area contributed by atoms with Gasteiger partial charge in [-0.2, -0.15) is 0 Å². The van der Waals surface area contributed by atoms with Crippen molar-refractivity contribution in [3.8, 4) is 23.1 Å². The molecular weight excluding hydrogens is 478 g/mol. The molecule has 9 nitrogen and oxygen atoms in total. The molecule has 2 N–H and O–H groups in total. The number of benzene rings is 1. The Hall–Kier alpha value is -4.71. The molecule has 4 aromatic rings. The number of rotatable bonds is 6. The van der Waals surface area contributed by atoms with Gasteiger partial charge in [-0.1, -0.05) is 24.1 Å². The van der Waals surface area contributed by atoms with E-state index < -0.39 is 0 Å². The molecule has 1 atom stereocenters. The van der Waals surface area contributed by atoms with Crippen LogP contribution in [0.5, 0.6) is 0 Å². The number of aromatic nitrogens is 4. The van der Waals surface area contributed by atoms with Gasteiger partial charge < -0.3 is 15.5 Å². The zero-order valence-electron chi connectivity index (χ0n) is 21.6. The molecule has 0 unspecified atom stereocenters. The third kappa shape index (κ3) is 4.93. The molecule has 1 aromatic carbocycles. The number of carbonyl (C=O) groups is 2. The summed E-state index contributed by atoms with van der Waals surface area (Å²) in [6, 6.07) is 12.6. The molecule has 0 saturated carbocycles. The van der Waals surface area contributed by atoms with Gasteiger partial charge in [0.25, 0.3) is 11.8 Å². The van der Waals surface area contributed by atoms with Gasteiger partial charge in [0.1, 0.15) is 22.9 Å². The second-order valence-corrected chi connectivity index (χ2v) is 9.39. The highest BCUT2D eigenvalue weighted by molar-refractivity contribution is 6.04. The fourth-order valence-electron chi connectivity index (χ4n) is 4.74. The molecule has 1 fully saturated rings. The molecule has 2 amide bonds. The van der Waals surface area contributed by atoms with E-state index in [1.54, 1.807) is 48.5 Å². The van der Waals surface area contributed by atoms with Gasteiger partial charge >= 0.3 is 0 Å². The number of likely N-dealkylation sites (tertiary alicyclic amines) is 1. The van der Waals surface area contributed by atoms with Crippen LogP contribution in [0.4, 0.5) is 11.6 Å². The molecular formula is C29H29N7O2. The molecule has 0 radical (unpaired) electrons. The van der Waals surface area contributed by atoms with Crippen molar-refractivity contribution in [1.29, 1.82) is 0 Å². The van der Waals surface area contributed by atoms with Crippen molar-refractivity contribution in [2.75, 3.05) is 17.2 Å². The first-order chi connectivity index (χ1) is 18.5. The number of hydrogen-bond acceptors (Lipinski definition) is 6. The van der Waals surface area contributed by atoms with E-state index in [4.69, 9.17) is 4.98 Å². The van der Waals surface area contributed by atoms with Crippen molar-refractivity contribution in [1.82, 2.24) is 24.3 Å². The van der Waals surface area contributed by atoms with Crippen molar-refractivity contribution < 1.29 is 9.59 Å². The summed E-state index contributed by atoms with van der Waals surface area (Å²) < 4.78 is 2.02. The number of amides is 2. The van der Waals surface area contributed by atoms with E-state index in [1.807, 2.05) is 28.8 Å². The normalized spacial score (nSPS) is 14.8. The van der Waals surface area contributed by atoms with Gasteiger partial charge in [0, 0.05) is 42.3 Å². The molecule has 4 heterocycles. The molecule has 9 heteroatoms. The average Bonchev–Trinajstić information content (AvgIpc) is 3.55. The summed E-state index contributed by atoms with van der Waals surface area (Å²) >= 11 is 0. The van der Waals surface area contributed by atoms with Crippen LogP contribution in [-0.4, -0.2) is 48.7 Å². The zero-order valence-corrected chi connectivity index (χ0v) is 21.6. The maximum Gasteiger partial charge on any atom is 0.299 e. The summed E-state index contributed by atoms with van der Waals surface area (Å²) in [5, 5.41) is 6.23. The van der Waals surface area contributed by atoms with Gasteiger partial charge in [0.05, 0.1) is 6.04 Å². The molecule has 38 heavy (non-hydrogen) atoms. The minimum absolute atomic E-state index is 0.155. The lowest BCUT2D eigenvalue weighted by Crippen LogP contribution is -2.30. The van der Waals surface area contributed by atoms with Crippen LogP contribution in [0, 0.1) is 11.8 Å². The first-order valence-electron chi connectivity index (χ1n) is 12.7. The third-order valence-electron chi connectivity index (χ3n) is 6.38. The Kier molecular flexibility index (Phi) is 7.05. The second kappa shape index (κ2) is 10.7.